The Balaban J connectivity index is 2.30. The first-order valence-electron chi connectivity index (χ1n) is 27.4. The summed E-state index contributed by atoms with van der Waals surface area (Å²) >= 11 is 0. The zero-order chi connectivity index (χ0) is 47.3. The molecule has 0 aromatic heterocycles. The lowest BCUT2D eigenvalue weighted by Crippen LogP contribution is -2.60. The molecule has 0 radical (unpaired) electrons. The Morgan fingerprint density at radius 2 is 0.877 bits per heavy atom. The van der Waals surface area contributed by atoms with Gasteiger partial charge in [-0.15, -0.1) is 0 Å². The van der Waals surface area contributed by atoms with Crippen LogP contribution in [0.1, 0.15) is 245 Å². The zero-order valence-electron chi connectivity index (χ0n) is 42.0. The van der Waals surface area contributed by atoms with E-state index in [1.165, 1.54) is 180 Å². The third kappa shape index (κ3) is 35.9. The number of carbonyl (C=O) groups is 1. The number of carbonyl (C=O) groups excluding carboxylic acids is 1. The lowest BCUT2D eigenvalue weighted by molar-refractivity contribution is -0.302. The molecule has 1 aliphatic rings. The van der Waals surface area contributed by atoms with Crippen LogP contribution in [-0.2, 0) is 14.3 Å². The molecular weight excluding hydrogens is 815 g/mol. The van der Waals surface area contributed by atoms with Crippen LogP contribution in [0.25, 0.3) is 0 Å². The maximum absolute atomic E-state index is 13.0. The van der Waals surface area contributed by atoms with Crippen molar-refractivity contribution in [3.63, 3.8) is 0 Å². The van der Waals surface area contributed by atoms with Crippen molar-refractivity contribution in [3.8, 4) is 0 Å². The summed E-state index contributed by atoms with van der Waals surface area (Å²) in [5, 5.41) is 54.4. The third-order valence-corrected chi connectivity index (χ3v) is 12.9. The van der Waals surface area contributed by atoms with E-state index in [1.807, 2.05) is 6.08 Å². The molecule has 380 valence electrons. The number of hydrogen-bond acceptors (Lipinski definition) is 8. The second-order valence-electron chi connectivity index (χ2n) is 19.0. The summed E-state index contributed by atoms with van der Waals surface area (Å²) in [5.74, 6) is -0.192. The third-order valence-electron chi connectivity index (χ3n) is 12.9. The first-order chi connectivity index (χ1) is 31.8. The number of unbranched alkanes of at least 4 members (excludes halogenated alkanes) is 30. The molecule has 0 aliphatic carbocycles. The van der Waals surface area contributed by atoms with Crippen molar-refractivity contribution in [2.75, 3.05) is 13.2 Å². The molecular formula is C56H103NO8. The molecule has 0 aromatic carbocycles. The predicted octanol–water partition coefficient (Wildman–Crippen LogP) is 13.0. The molecule has 7 unspecified atom stereocenters. The van der Waals surface area contributed by atoms with Crippen LogP contribution in [0.2, 0.25) is 0 Å². The Morgan fingerprint density at radius 3 is 1.29 bits per heavy atom. The van der Waals surface area contributed by atoms with Gasteiger partial charge in [-0.2, -0.15) is 0 Å². The number of amides is 1. The van der Waals surface area contributed by atoms with Crippen LogP contribution in [0, 0.1) is 0 Å². The van der Waals surface area contributed by atoms with Gasteiger partial charge in [0, 0.05) is 6.42 Å². The summed E-state index contributed by atoms with van der Waals surface area (Å²) in [6.07, 6.45) is 53.1. The zero-order valence-corrected chi connectivity index (χ0v) is 42.0. The molecule has 1 aliphatic heterocycles. The number of rotatable bonds is 46. The average molecular weight is 918 g/mol. The topological polar surface area (TPSA) is 149 Å². The van der Waals surface area contributed by atoms with E-state index in [0.29, 0.717) is 6.42 Å². The fraction of sp³-hybridized carbons (Fsp3) is 0.839. The van der Waals surface area contributed by atoms with Gasteiger partial charge in [0.05, 0.1) is 25.4 Å². The van der Waals surface area contributed by atoms with Crippen molar-refractivity contribution in [1.29, 1.82) is 0 Å². The van der Waals surface area contributed by atoms with Gasteiger partial charge in [-0.05, 0) is 70.6 Å². The Kier molecular flexibility index (Phi) is 43.2. The van der Waals surface area contributed by atoms with Crippen LogP contribution >= 0.6 is 0 Å². The Hall–Kier alpha value is -1.85. The SMILES string of the molecule is CCCCCCCCCC/C=C\CCCCCCCCCCCC(=O)NC(COC1OC(CO)C(O)C(O)C1O)C(O)/C=C/CC/C=C/CC/C=C/CCCCCCCCCCCCC. The van der Waals surface area contributed by atoms with Gasteiger partial charge in [-0.1, -0.05) is 217 Å². The highest BCUT2D eigenvalue weighted by molar-refractivity contribution is 5.76. The molecule has 1 fully saturated rings. The number of allylic oxidation sites excluding steroid dienone is 7. The van der Waals surface area contributed by atoms with E-state index in [9.17, 15) is 30.3 Å². The van der Waals surface area contributed by atoms with Crippen LogP contribution in [0.3, 0.4) is 0 Å². The van der Waals surface area contributed by atoms with Crippen molar-refractivity contribution in [2.45, 2.75) is 288 Å². The number of aliphatic hydroxyl groups is 5. The quantitative estimate of drug-likeness (QED) is 0.0261. The van der Waals surface area contributed by atoms with Crippen molar-refractivity contribution in [3.05, 3.63) is 48.6 Å². The van der Waals surface area contributed by atoms with E-state index in [1.54, 1.807) is 6.08 Å². The van der Waals surface area contributed by atoms with Gasteiger partial charge < -0.3 is 40.3 Å². The van der Waals surface area contributed by atoms with E-state index in [4.69, 9.17) is 9.47 Å². The van der Waals surface area contributed by atoms with Crippen LogP contribution in [0.15, 0.2) is 48.6 Å². The summed E-state index contributed by atoms with van der Waals surface area (Å²) in [4.78, 5) is 13.0. The highest BCUT2D eigenvalue weighted by Crippen LogP contribution is 2.23. The molecule has 0 spiro atoms. The van der Waals surface area contributed by atoms with Gasteiger partial charge in [0.2, 0.25) is 5.91 Å². The molecule has 1 heterocycles. The van der Waals surface area contributed by atoms with E-state index >= 15 is 0 Å². The van der Waals surface area contributed by atoms with Gasteiger partial charge in [0.25, 0.3) is 0 Å². The van der Waals surface area contributed by atoms with Crippen molar-refractivity contribution >= 4 is 5.91 Å². The van der Waals surface area contributed by atoms with Gasteiger partial charge in [-0.25, -0.2) is 0 Å². The number of ether oxygens (including phenoxy) is 2. The maximum Gasteiger partial charge on any atom is 0.220 e. The molecule has 0 bridgehead atoms. The Labute approximate surface area is 399 Å². The fourth-order valence-corrected chi connectivity index (χ4v) is 8.48. The van der Waals surface area contributed by atoms with Crippen molar-refractivity contribution in [1.82, 2.24) is 5.32 Å². The average Bonchev–Trinajstić information content (AvgIpc) is 3.31. The lowest BCUT2D eigenvalue weighted by atomic mass is 9.99. The molecule has 0 aromatic rings. The van der Waals surface area contributed by atoms with E-state index < -0.39 is 49.5 Å². The molecule has 7 atom stereocenters. The number of hydrogen-bond donors (Lipinski definition) is 6. The second kappa shape index (κ2) is 45.9. The van der Waals surface area contributed by atoms with Gasteiger partial charge in [-0.3, -0.25) is 4.79 Å². The number of nitrogens with one attached hydrogen (secondary N) is 1. The highest BCUT2D eigenvalue weighted by atomic mass is 16.7. The van der Waals surface area contributed by atoms with Gasteiger partial charge in [0.1, 0.15) is 24.4 Å². The molecule has 1 rings (SSSR count). The van der Waals surface area contributed by atoms with Crippen LogP contribution in [0.5, 0.6) is 0 Å². The van der Waals surface area contributed by atoms with Gasteiger partial charge >= 0.3 is 0 Å². The minimum absolute atomic E-state index is 0.192. The second-order valence-corrected chi connectivity index (χ2v) is 19.0. The Morgan fingerprint density at radius 1 is 0.508 bits per heavy atom. The largest absolute Gasteiger partial charge is 0.394 e. The van der Waals surface area contributed by atoms with Crippen molar-refractivity contribution < 1.29 is 39.8 Å². The minimum atomic E-state index is -1.58. The van der Waals surface area contributed by atoms with E-state index in [-0.39, 0.29) is 12.5 Å². The fourth-order valence-electron chi connectivity index (χ4n) is 8.48. The molecule has 1 amide bonds. The minimum Gasteiger partial charge on any atom is -0.394 e. The van der Waals surface area contributed by atoms with E-state index in [2.05, 4.69) is 55.6 Å². The maximum atomic E-state index is 13.0. The van der Waals surface area contributed by atoms with Crippen molar-refractivity contribution in [2.24, 2.45) is 0 Å². The van der Waals surface area contributed by atoms with E-state index in [0.717, 1.165) is 44.9 Å². The molecule has 1 saturated heterocycles. The highest BCUT2D eigenvalue weighted by Gasteiger charge is 2.44. The summed E-state index contributed by atoms with van der Waals surface area (Å²) in [6.45, 7) is 3.77. The molecule has 0 saturated carbocycles. The summed E-state index contributed by atoms with van der Waals surface area (Å²) in [5.41, 5.74) is 0. The van der Waals surface area contributed by atoms with Crippen LogP contribution in [-0.4, -0.2) is 87.5 Å². The Bertz CT molecular complexity index is 1160. The predicted molar refractivity (Wildman–Crippen MR) is 272 cm³/mol. The monoisotopic (exact) mass is 918 g/mol. The summed E-state index contributed by atoms with van der Waals surface area (Å²) in [6, 6.07) is -0.830. The molecule has 9 nitrogen and oxygen atoms in total. The normalized spacial score (nSPS) is 20.3. The van der Waals surface area contributed by atoms with Crippen LogP contribution < -0.4 is 5.32 Å². The molecule has 9 heteroatoms. The standard InChI is InChI=1S/C56H103NO8/c1-3-5-7-9-11-13-15-17-19-21-23-25-27-29-31-33-35-37-39-41-43-45-50(59)49(48-64-56-55(63)54(62)53(61)51(47-58)65-56)57-52(60)46-44-42-40-38-36-34-32-30-28-26-24-22-20-18-16-14-12-10-8-6-4-2/h22,24,27,29,35,37,43,45,49-51,53-56,58-59,61-63H,3-21,23,25-26,28,30-34,36,38-42,44,46-48H2,1-2H3,(H,57,60)/b24-22-,29-27+,37-35+,45-43+. The molecule has 65 heavy (non-hydrogen) atoms. The number of aliphatic hydroxyl groups excluding tert-OH is 5. The first-order valence-corrected chi connectivity index (χ1v) is 27.4. The summed E-state index contributed by atoms with van der Waals surface area (Å²) < 4.78 is 11.2. The van der Waals surface area contributed by atoms with Crippen LogP contribution in [0.4, 0.5) is 0 Å². The lowest BCUT2D eigenvalue weighted by Gasteiger charge is -2.40. The summed E-state index contributed by atoms with van der Waals surface area (Å²) in [7, 11) is 0. The molecule has 6 N–H and O–H groups in total. The van der Waals surface area contributed by atoms with Gasteiger partial charge in [0.15, 0.2) is 6.29 Å². The smallest absolute Gasteiger partial charge is 0.220 e. The first kappa shape index (κ1) is 61.2.